The first-order valence-corrected chi connectivity index (χ1v) is 10.3. The van der Waals surface area contributed by atoms with Crippen molar-refractivity contribution in [1.82, 2.24) is 9.55 Å². The van der Waals surface area contributed by atoms with E-state index < -0.39 is 19.3 Å². The first kappa shape index (κ1) is 18.3. The van der Waals surface area contributed by atoms with Crippen LogP contribution in [0.4, 0.5) is 5.82 Å². The number of hydrogen-bond acceptors (Lipinski definition) is 5. The number of nitro groups is 1. The molecule has 1 heterocycles. The molecule has 0 spiro atoms. The summed E-state index contributed by atoms with van der Waals surface area (Å²) in [6.07, 6.45) is 0.545. The fourth-order valence-corrected chi connectivity index (χ4v) is 2.87. The SMILES string of the molecule is CC(C)(C)[Si](C)(C)OCC(O)Cn1cc([N+](=O)[O-])nc1Br. The average molecular weight is 380 g/mol. The summed E-state index contributed by atoms with van der Waals surface area (Å²) in [7, 11) is -1.92. The zero-order valence-corrected chi connectivity index (χ0v) is 15.5. The molecule has 0 fully saturated rings. The molecule has 1 aromatic heterocycles. The maximum Gasteiger partial charge on any atom is 0.382 e. The summed E-state index contributed by atoms with van der Waals surface area (Å²) in [5.74, 6) is -0.251. The number of aliphatic hydroxyl groups is 1. The molecule has 0 saturated heterocycles. The topological polar surface area (TPSA) is 90.4 Å². The van der Waals surface area contributed by atoms with Crippen molar-refractivity contribution in [1.29, 1.82) is 0 Å². The Balaban J connectivity index is 2.62. The Morgan fingerprint density at radius 3 is 2.57 bits per heavy atom. The highest BCUT2D eigenvalue weighted by molar-refractivity contribution is 9.10. The zero-order valence-electron chi connectivity index (χ0n) is 13.0. The molecular formula is C12H22BrN3O4Si. The van der Waals surface area contributed by atoms with E-state index in [2.05, 4.69) is 54.8 Å². The second-order valence-corrected chi connectivity index (χ2v) is 12.0. The van der Waals surface area contributed by atoms with Gasteiger partial charge in [0.2, 0.25) is 0 Å². The van der Waals surface area contributed by atoms with Crippen LogP contribution in [-0.4, -0.2) is 40.6 Å². The third-order valence-corrected chi connectivity index (χ3v) is 8.89. The van der Waals surface area contributed by atoms with Crippen LogP contribution in [0.1, 0.15) is 20.8 Å². The van der Waals surface area contributed by atoms with E-state index in [1.54, 1.807) is 0 Å². The lowest BCUT2D eigenvalue weighted by atomic mass is 10.2. The predicted molar refractivity (Wildman–Crippen MR) is 85.7 cm³/mol. The van der Waals surface area contributed by atoms with Crippen molar-refractivity contribution in [3.63, 3.8) is 0 Å². The normalized spacial score (nSPS) is 14.2. The van der Waals surface area contributed by atoms with Gasteiger partial charge in [-0.05, 0) is 28.0 Å². The van der Waals surface area contributed by atoms with Crippen LogP contribution >= 0.6 is 15.9 Å². The van der Waals surface area contributed by atoms with E-state index >= 15 is 0 Å². The number of hydrogen-bond donors (Lipinski definition) is 1. The molecule has 1 N–H and O–H groups in total. The van der Waals surface area contributed by atoms with Gasteiger partial charge in [0.1, 0.15) is 6.20 Å². The number of aromatic nitrogens is 2. The Morgan fingerprint density at radius 2 is 2.14 bits per heavy atom. The lowest BCUT2D eigenvalue weighted by Crippen LogP contribution is -2.43. The Kier molecular flexibility index (Phi) is 5.70. The van der Waals surface area contributed by atoms with Gasteiger partial charge >= 0.3 is 5.82 Å². The van der Waals surface area contributed by atoms with Crippen molar-refractivity contribution in [2.45, 2.75) is 51.6 Å². The summed E-state index contributed by atoms with van der Waals surface area (Å²) in [4.78, 5) is 13.8. The molecule has 0 amide bonds. The summed E-state index contributed by atoms with van der Waals surface area (Å²) in [5.41, 5.74) is 0. The minimum atomic E-state index is -1.92. The standard InChI is InChI=1S/C12H22BrN3O4Si/c1-12(2,3)21(4,5)20-8-9(17)6-15-7-10(16(18)19)14-11(15)13/h7,9,17H,6,8H2,1-5H3. The first-order chi connectivity index (χ1) is 9.44. The Hall–Kier alpha value is -0.773. The van der Waals surface area contributed by atoms with Crippen LogP contribution in [0.25, 0.3) is 0 Å². The molecule has 1 rings (SSSR count). The first-order valence-electron chi connectivity index (χ1n) is 6.63. The molecule has 0 saturated carbocycles. The Morgan fingerprint density at radius 1 is 1.57 bits per heavy atom. The Labute approximate surface area is 133 Å². The molecule has 0 aliphatic carbocycles. The molecule has 7 nitrogen and oxygen atoms in total. The molecule has 0 aromatic carbocycles. The van der Waals surface area contributed by atoms with E-state index in [0.717, 1.165) is 0 Å². The fraction of sp³-hybridized carbons (Fsp3) is 0.750. The van der Waals surface area contributed by atoms with Crippen LogP contribution in [0.3, 0.4) is 0 Å². The molecule has 0 aliphatic rings. The fourth-order valence-electron chi connectivity index (χ4n) is 1.40. The van der Waals surface area contributed by atoms with E-state index in [-0.39, 0.29) is 24.0 Å². The van der Waals surface area contributed by atoms with Crippen molar-refractivity contribution in [3.05, 3.63) is 21.0 Å². The molecule has 21 heavy (non-hydrogen) atoms. The number of imidazole rings is 1. The van der Waals surface area contributed by atoms with Crippen LogP contribution in [0.2, 0.25) is 18.1 Å². The molecule has 0 radical (unpaired) electrons. The van der Waals surface area contributed by atoms with Gasteiger partial charge in [0.25, 0.3) is 4.73 Å². The number of halogens is 1. The zero-order chi connectivity index (χ0) is 16.4. The van der Waals surface area contributed by atoms with Gasteiger partial charge in [-0.1, -0.05) is 20.8 Å². The lowest BCUT2D eigenvalue weighted by molar-refractivity contribution is -0.389. The summed E-state index contributed by atoms with van der Waals surface area (Å²) in [6.45, 7) is 11.0. The Bertz CT molecular complexity index is 513. The summed E-state index contributed by atoms with van der Waals surface area (Å²) in [6, 6.07) is 0. The van der Waals surface area contributed by atoms with Gasteiger partial charge in [0.15, 0.2) is 8.32 Å². The van der Waals surface area contributed by atoms with E-state index in [1.165, 1.54) is 10.8 Å². The average Bonchev–Trinajstić information content (AvgIpc) is 2.67. The number of aliphatic hydroxyl groups excluding tert-OH is 1. The third kappa shape index (κ3) is 4.87. The molecule has 0 aliphatic heterocycles. The monoisotopic (exact) mass is 379 g/mol. The van der Waals surface area contributed by atoms with Crippen LogP contribution in [0.15, 0.2) is 10.9 Å². The smallest absolute Gasteiger partial charge is 0.382 e. The van der Waals surface area contributed by atoms with Gasteiger partial charge in [-0.25, -0.2) is 0 Å². The van der Waals surface area contributed by atoms with Crippen molar-refractivity contribution < 1.29 is 14.5 Å². The highest BCUT2D eigenvalue weighted by Gasteiger charge is 2.37. The van der Waals surface area contributed by atoms with Gasteiger partial charge in [-0.2, -0.15) is 0 Å². The number of nitrogens with zero attached hydrogens (tertiary/aromatic N) is 3. The van der Waals surface area contributed by atoms with E-state index in [0.29, 0.717) is 4.73 Å². The van der Waals surface area contributed by atoms with Crippen molar-refractivity contribution in [2.75, 3.05) is 6.61 Å². The van der Waals surface area contributed by atoms with Crippen molar-refractivity contribution >= 4 is 30.1 Å². The molecule has 9 heteroatoms. The summed E-state index contributed by atoms with van der Waals surface area (Å²) >= 11 is 3.14. The molecule has 0 bridgehead atoms. The summed E-state index contributed by atoms with van der Waals surface area (Å²) in [5, 5.41) is 20.8. The molecule has 120 valence electrons. The van der Waals surface area contributed by atoms with Crippen LogP contribution in [0.5, 0.6) is 0 Å². The van der Waals surface area contributed by atoms with Crippen LogP contribution < -0.4 is 0 Å². The quantitative estimate of drug-likeness (QED) is 0.466. The lowest BCUT2D eigenvalue weighted by Gasteiger charge is -2.36. The number of rotatable bonds is 6. The second kappa shape index (κ2) is 6.55. The van der Waals surface area contributed by atoms with E-state index in [4.69, 9.17) is 4.43 Å². The van der Waals surface area contributed by atoms with Gasteiger partial charge in [0, 0.05) is 15.9 Å². The molecule has 1 unspecified atom stereocenters. The van der Waals surface area contributed by atoms with E-state index in [1.807, 2.05) is 0 Å². The van der Waals surface area contributed by atoms with Gasteiger partial charge in [0.05, 0.1) is 19.3 Å². The second-order valence-electron chi connectivity index (χ2n) is 6.50. The van der Waals surface area contributed by atoms with Crippen molar-refractivity contribution in [2.24, 2.45) is 0 Å². The molecule has 1 aromatic rings. The predicted octanol–water partition coefficient (Wildman–Crippen LogP) is 2.94. The van der Waals surface area contributed by atoms with Crippen LogP contribution in [-0.2, 0) is 11.0 Å². The largest absolute Gasteiger partial charge is 0.414 e. The summed E-state index contributed by atoms with van der Waals surface area (Å²) < 4.78 is 7.75. The van der Waals surface area contributed by atoms with Crippen molar-refractivity contribution in [3.8, 4) is 0 Å². The van der Waals surface area contributed by atoms with E-state index in [9.17, 15) is 15.2 Å². The minimum absolute atomic E-state index is 0.0705. The highest BCUT2D eigenvalue weighted by Crippen LogP contribution is 2.36. The minimum Gasteiger partial charge on any atom is -0.414 e. The molecular weight excluding hydrogens is 358 g/mol. The highest BCUT2D eigenvalue weighted by atomic mass is 79.9. The maximum atomic E-state index is 10.6. The maximum absolute atomic E-state index is 10.6. The third-order valence-electron chi connectivity index (χ3n) is 3.75. The van der Waals surface area contributed by atoms with Gasteiger partial charge < -0.3 is 19.6 Å². The van der Waals surface area contributed by atoms with Gasteiger partial charge in [-0.15, -0.1) is 0 Å². The van der Waals surface area contributed by atoms with Gasteiger partial charge in [-0.3, -0.25) is 4.57 Å². The van der Waals surface area contributed by atoms with Crippen LogP contribution in [0, 0.1) is 10.1 Å². The molecule has 1 atom stereocenters.